The Hall–Kier alpha value is -2.67. The summed E-state index contributed by atoms with van der Waals surface area (Å²) in [5.41, 5.74) is 3.40. The first-order chi connectivity index (χ1) is 9.90. The van der Waals surface area contributed by atoms with E-state index in [0.29, 0.717) is 5.82 Å². The van der Waals surface area contributed by atoms with Crippen molar-refractivity contribution in [1.82, 2.24) is 30.6 Å². The second kappa shape index (κ2) is 4.46. The topological polar surface area (TPSA) is 80.2 Å². The number of thiophene rings is 1. The Morgan fingerprint density at radius 2 is 2.10 bits per heavy atom. The van der Waals surface area contributed by atoms with Crippen LogP contribution in [0.15, 0.2) is 41.9 Å². The van der Waals surface area contributed by atoms with Crippen molar-refractivity contribution in [3.8, 4) is 22.0 Å². The van der Waals surface area contributed by atoms with E-state index in [4.69, 9.17) is 0 Å². The Morgan fingerprint density at radius 3 is 2.90 bits per heavy atom. The molecule has 6 nitrogen and oxygen atoms in total. The summed E-state index contributed by atoms with van der Waals surface area (Å²) in [6.07, 6.45) is 1.79. The van der Waals surface area contributed by atoms with Gasteiger partial charge in [0.2, 0.25) is 5.82 Å². The molecule has 4 rings (SSSR count). The van der Waals surface area contributed by atoms with E-state index in [1.807, 2.05) is 35.7 Å². The van der Waals surface area contributed by atoms with E-state index in [-0.39, 0.29) is 0 Å². The van der Waals surface area contributed by atoms with Gasteiger partial charge in [0.05, 0.1) is 27.8 Å². The second-order valence-corrected chi connectivity index (χ2v) is 5.12. The number of fused-ring (bicyclic) bond motifs is 1. The van der Waals surface area contributed by atoms with E-state index in [1.54, 1.807) is 17.5 Å². The molecular formula is C13H8N6S. The summed E-state index contributed by atoms with van der Waals surface area (Å²) in [4.78, 5) is 10.2. The number of aromatic amines is 1. The number of H-pyrrole nitrogens is 1. The molecule has 96 valence electrons. The summed E-state index contributed by atoms with van der Waals surface area (Å²) in [6, 6.07) is 9.77. The molecule has 0 bridgehead atoms. The van der Waals surface area contributed by atoms with Crippen LogP contribution in [0, 0.1) is 0 Å². The molecule has 1 N–H and O–H groups in total. The Balaban J connectivity index is 1.88. The number of hydrogen-bond donors (Lipinski definition) is 1. The summed E-state index contributed by atoms with van der Waals surface area (Å²) >= 11 is 1.64. The standard InChI is InChI=1S/C13H8N6S/c1-2-12(20-5-1)11-7-14-9-4-3-8(6-10(9)15-11)13-16-18-19-17-13/h1-7H,(H,16,17,18,19). The summed E-state index contributed by atoms with van der Waals surface area (Å²) in [6.45, 7) is 0. The summed E-state index contributed by atoms with van der Waals surface area (Å²) in [7, 11) is 0. The first-order valence-corrected chi connectivity index (χ1v) is 6.82. The lowest BCUT2D eigenvalue weighted by Crippen LogP contribution is -1.89. The molecule has 3 heterocycles. The van der Waals surface area contributed by atoms with Gasteiger partial charge in [0, 0.05) is 5.56 Å². The van der Waals surface area contributed by atoms with Gasteiger partial charge in [-0.05, 0) is 34.9 Å². The van der Waals surface area contributed by atoms with Crippen LogP contribution in [0.3, 0.4) is 0 Å². The monoisotopic (exact) mass is 280 g/mol. The third kappa shape index (κ3) is 1.84. The highest BCUT2D eigenvalue weighted by molar-refractivity contribution is 7.13. The third-order valence-corrected chi connectivity index (χ3v) is 3.81. The molecule has 7 heteroatoms. The molecule has 20 heavy (non-hydrogen) atoms. The molecule has 0 amide bonds. The summed E-state index contributed by atoms with van der Waals surface area (Å²) in [5, 5.41) is 16.0. The maximum absolute atomic E-state index is 4.65. The van der Waals surface area contributed by atoms with E-state index in [2.05, 4.69) is 30.6 Å². The number of rotatable bonds is 2. The van der Waals surface area contributed by atoms with E-state index in [0.717, 1.165) is 27.2 Å². The van der Waals surface area contributed by atoms with Crippen LogP contribution >= 0.6 is 11.3 Å². The predicted molar refractivity (Wildman–Crippen MR) is 76.0 cm³/mol. The Morgan fingerprint density at radius 1 is 1.10 bits per heavy atom. The fourth-order valence-corrected chi connectivity index (χ4v) is 2.66. The van der Waals surface area contributed by atoms with Crippen LogP contribution in [-0.2, 0) is 0 Å². The SMILES string of the molecule is c1csc(-c2cnc3ccc(-c4nn[nH]n4)cc3n2)c1. The average molecular weight is 280 g/mol. The molecule has 0 atom stereocenters. The Labute approximate surface area is 117 Å². The van der Waals surface area contributed by atoms with Gasteiger partial charge >= 0.3 is 0 Å². The van der Waals surface area contributed by atoms with Crippen LogP contribution in [0.1, 0.15) is 0 Å². The van der Waals surface area contributed by atoms with Gasteiger partial charge in [0.15, 0.2) is 0 Å². The van der Waals surface area contributed by atoms with Crippen molar-refractivity contribution in [3.05, 3.63) is 41.9 Å². The van der Waals surface area contributed by atoms with Gasteiger partial charge in [-0.1, -0.05) is 6.07 Å². The predicted octanol–water partition coefficient (Wildman–Crippen LogP) is 2.54. The lowest BCUT2D eigenvalue weighted by molar-refractivity contribution is 0.881. The quantitative estimate of drug-likeness (QED) is 0.610. The van der Waals surface area contributed by atoms with Crippen molar-refractivity contribution in [2.24, 2.45) is 0 Å². The molecule has 0 saturated heterocycles. The van der Waals surface area contributed by atoms with Crippen LogP contribution < -0.4 is 0 Å². The van der Waals surface area contributed by atoms with Gasteiger partial charge < -0.3 is 0 Å². The largest absolute Gasteiger partial charge is 0.252 e. The van der Waals surface area contributed by atoms with E-state index < -0.39 is 0 Å². The highest BCUT2D eigenvalue weighted by atomic mass is 32.1. The molecule has 1 aromatic carbocycles. The van der Waals surface area contributed by atoms with Crippen molar-refractivity contribution in [2.75, 3.05) is 0 Å². The third-order valence-electron chi connectivity index (χ3n) is 2.92. The zero-order chi connectivity index (χ0) is 13.4. The van der Waals surface area contributed by atoms with Gasteiger partial charge in [0.1, 0.15) is 0 Å². The molecule has 0 spiro atoms. The first-order valence-electron chi connectivity index (χ1n) is 5.95. The van der Waals surface area contributed by atoms with E-state index in [1.165, 1.54) is 0 Å². The van der Waals surface area contributed by atoms with Crippen molar-refractivity contribution in [3.63, 3.8) is 0 Å². The summed E-state index contributed by atoms with van der Waals surface area (Å²) in [5.74, 6) is 0.551. The van der Waals surface area contributed by atoms with Crippen molar-refractivity contribution < 1.29 is 0 Å². The van der Waals surface area contributed by atoms with Crippen LogP contribution in [0.25, 0.3) is 33.0 Å². The second-order valence-electron chi connectivity index (χ2n) is 4.17. The molecule has 0 aliphatic carbocycles. The normalized spacial score (nSPS) is 11.0. The molecule has 0 radical (unpaired) electrons. The fourth-order valence-electron chi connectivity index (χ4n) is 1.98. The fraction of sp³-hybridized carbons (Fsp3) is 0. The van der Waals surface area contributed by atoms with Gasteiger partial charge in [0.25, 0.3) is 0 Å². The molecule has 0 saturated carbocycles. The van der Waals surface area contributed by atoms with Crippen LogP contribution in [0.5, 0.6) is 0 Å². The minimum absolute atomic E-state index is 0.551. The average Bonchev–Trinajstić information content (AvgIpc) is 3.19. The van der Waals surface area contributed by atoms with Crippen molar-refractivity contribution in [1.29, 1.82) is 0 Å². The molecule has 0 aliphatic heterocycles. The number of aromatic nitrogens is 6. The number of hydrogen-bond acceptors (Lipinski definition) is 6. The molecule has 3 aromatic heterocycles. The smallest absolute Gasteiger partial charge is 0.204 e. The van der Waals surface area contributed by atoms with Crippen LogP contribution in [0.2, 0.25) is 0 Å². The maximum Gasteiger partial charge on any atom is 0.204 e. The molecule has 4 aromatic rings. The van der Waals surface area contributed by atoms with Crippen molar-refractivity contribution in [2.45, 2.75) is 0 Å². The van der Waals surface area contributed by atoms with Gasteiger partial charge in [-0.25, -0.2) is 4.98 Å². The molecule has 0 fully saturated rings. The zero-order valence-electron chi connectivity index (χ0n) is 10.2. The first kappa shape index (κ1) is 11.2. The Bertz CT molecular complexity index is 785. The molecular weight excluding hydrogens is 272 g/mol. The van der Waals surface area contributed by atoms with Crippen LogP contribution in [0.4, 0.5) is 0 Å². The van der Waals surface area contributed by atoms with Gasteiger partial charge in [-0.15, -0.1) is 21.5 Å². The minimum Gasteiger partial charge on any atom is -0.252 e. The number of nitrogens with zero attached hydrogens (tertiary/aromatic N) is 5. The number of benzene rings is 1. The lowest BCUT2D eigenvalue weighted by atomic mass is 10.2. The van der Waals surface area contributed by atoms with E-state index in [9.17, 15) is 0 Å². The molecule has 0 unspecified atom stereocenters. The van der Waals surface area contributed by atoms with Gasteiger partial charge in [-0.3, -0.25) is 4.98 Å². The lowest BCUT2D eigenvalue weighted by Gasteiger charge is -2.01. The van der Waals surface area contributed by atoms with Crippen LogP contribution in [-0.4, -0.2) is 30.6 Å². The number of nitrogens with one attached hydrogen (secondary N) is 1. The Kier molecular flexibility index (Phi) is 2.49. The van der Waals surface area contributed by atoms with Gasteiger partial charge in [-0.2, -0.15) is 5.21 Å². The van der Waals surface area contributed by atoms with E-state index >= 15 is 0 Å². The highest BCUT2D eigenvalue weighted by Crippen LogP contribution is 2.25. The zero-order valence-corrected chi connectivity index (χ0v) is 11.0. The highest BCUT2D eigenvalue weighted by Gasteiger charge is 2.07. The molecule has 0 aliphatic rings. The minimum atomic E-state index is 0.551. The van der Waals surface area contributed by atoms with Crippen molar-refractivity contribution >= 4 is 22.4 Å². The maximum atomic E-state index is 4.65. The summed E-state index contributed by atoms with van der Waals surface area (Å²) < 4.78 is 0. The number of tetrazole rings is 1.